The minimum atomic E-state index is 0.747. The molecule has 2 heteroatoms. The summed E-state index contributed by atoms with van der Waals surface area (Å²) in [6.45, 7) is 9.34. The maximum absolute atomic E-state index is 3.60. The third kappa shape index (κ3) is 10.6. The summed E-state index contributed by atoms with van der Waals surface area (Å²) in [6.07, 6.45) is 24.2. The van der Waals surface area contributed by atoms with E-state index in [0.717, 1.165) is 12.5 Å². The van der Waals surface area contributed by atoms with Crippen molar-refractivity contribution in [3.05, 3.63) is 0 Å². The summed E-state index contributed by atoms with van der Waals surface area (Å²) in [5.74, 6) is 1.49. The molecule has 1 atom stereocenters. The molecule has 1 aliphatic rings. The van der Waals surface area contributed by atoms with Crippen molar-refractivity contribution in [1.82, 2.24) is 5.32 Å². The molecule has 1 unspecified atom stereocenters. The molecule has 1 rings (SSSR count). The first-order valence-corrected chi connectivity index (χ1v) is 12.2. The van der Waals surface area contributed by atoms with Gasteiger partial charge in [0.15, 0.2) is 0 Å². The lowest BCUT2D eigenvalue weighted by molar-refractivity contribution is -0.557. The first-order valence-electron chi connectivity index (χ1n) is 12.2. The molecule has 154 valence electrons. The average molecular weight is 366 g/mol. The normalized spacial score (nSPS) is 17.1. The van der Waals surface area contributed by atoms with Crippen molar-refractivity contribution in [2.75, 3.05) is 13.1 Å². The molecular formula is C24H49N2+. The van der Waals surface area contributed by atoms with Crippen molar-refractivity contribution in [3.63, 3.8) is 0 Å². The van der Waals surface area contributed by atoms with E-state index in [1.165, 1.54) is 122 Å². The van der Waals surface area contributed by atoms with Crippen LogP contribution in [-0.4, -0.2) is 29.5 Å². The van der Waals surface area contributed by atoms with Crippen LogP contribution in [0.15, 0.2) is 0 Å². The van der Waals surface area contributed by atoms with Gasteiger partial charge in [-0.25, -0.2) is 0 Å². The van der Waals surface area contributed by atoms with E-state index in [2.05, 4.69) is 30.7 Å². The fourth-order valence-electron chi connectivity index (χ4n) is 4.33. The van der Waals surface area contributed by atoms with E-state index < -0.39 is 0 Å². The predicted molar refractivity (Wildman–Crippen MR) is 117 cm³/mol. The van der Waals surface area contributed by atoms with Gasteiger partial charge in [-0.2, -0.15) is 0 Å². The highest BCUT2D eigenvalue weighted by Gasteiger charge is 2.27. The van der Waals surface area contributed by atoms with Crippen LogP contribution in [0, 0.1) is 0 Å². The summed E-state index contributed by atoms with van der Waals surface area (Å²) in [7, 11) is 0. The third-order valence-electron chi connectivity index (χ3n) is 6.14. The summed E-state index contributed by atoms with van der Waals surface area (Å²) in [5.41, 5.74) is 0. The van der Waals surface area contributed by atoms with E-state index in [4.69, 9.17) is 0 Å². The van der Waals surface area contributed by atoms with Crippen LogP contribution in [0.5, 0.6) is 0 Å². The van der Waals surface area contributed by atoms with Crippen molar-refractivity contribution in [1.29, 1.82) is 0 Å². The lowest BCUT2D eigenvalue weighted by atomic mass is 10.0. The van der Waals surface area contributed by atoms with Crippen LogP contribution in [0.4, 0.5) is 0 Å². The van der Waals surface area contributed by atoms with Crippen LogP contribution in [0.3, 0.4) is 0 Å². The van der Waals surface area contributed by atoms with Gasteiger partial charge in [0.1, 0.15) is 12.6 Å². The molecule has 0 aromatic carbocycles. The molecule has 2 nitrogen and oxygen atoms in total. The highest BCUT2D eigenvalue weighted by Crippen LogP contribution is 2.14. The topological polar surface area (TPSA) is 15.0 Å². The Morgan fingerprint density at radius 2 is 1.15 bits per heavy atom. The van der Waals surface area contributed by atoms with Crippen LogP contribution in [0.25, 0.3) is 0 Å². The Morgan fingerprint density at radius 3 is 1.58 bits per heavy atom. The molecule has 0 saturated heterocycles. The van der Waals surface area contributed by atoms with E-state index in [1.54, 1.807) is 0 Å². The molecular weight excluding hydrogens is 316 g/mol. The molecule has 0 aromatic rings. The van der Waals surface area contributed by atoms with Crippen molar-refractivity contribution >= 4 is 5.84 Å². The maximum atomic E-state index is 3.60. The minimum absolute atomic E-state index is 0.747. The summed E-state index contributed by atoms with van der Waals surface area (Å²) in [6, 6.07) is 0.747. The second-order valence-electron chi connectivity index (χ2n) is 8.39. The summed E-state index contributed by atoms with van der Waals surface area (Å²) < 4.78 is 2.66. The molecule has 0 amide bonds. The van der Waals surface area contributed by atoms with E-state index in [9.17, 15) is 0 Å². The standard InChI is InChI=1S/C24H48N2/c1-4-7-8-9-10-11-12-13-14-15-16-17-18-19-20-21-26-23(5-2)22-25-24(26)6-3/h23H,4-22H2,1-3H3/p+1. The summed E-state index contributed by atoms with van der Waals surface area (Å²) in [4.78, 5) is 0. The van der Waals surface area contributed by atoms with Gasteiger partial charge < -0.3 is 0 Å². The first kappa shape index (κ1) is 23.5. The minimum Gasteiger partial charge on any atom is -0.274 e. The number of hydrogen-bond acceptors (Lipinski definition) is 1. The van der Waals surface area contributed by atoms with Crippen molar-refractivity contribution < 1.29 is 4.58 Å². The molecule has 0 spiro atoms. The van der Waals surface area contributed by atoms with Crippen LogP contribution < -0.4 is 5.32 Å². The zero-order chi connectivity index (χ0) is 18.9. The smallest absolute Gasteiger partial charge is 0.244 e. The van der Waals surface area contributed by atoms with E-state index in [1.807, 2.05) is 0 Å². The molecule has 0 saturated carbocycles. The van der Waals surface area contributed by atoms with Gasteiger partial charge in [-0.3, -0.25) is 9.89 Å². The Morgan fingerprint density at radius 1 is 0.692 bits per heavy atom. The van der Waals surface area contributed by atoms with Crippen LogP contribution in [-0.2, 0) is 0 Å². The Kier molecular flexibility index (Phi) is 15.0. The molecule has 0 radical (unpaired) electrons. The average Bonchev–Trinajstić information content (AvgIpc) is 3.06. The SMILES string of the molecule is CCCCCCCCCCCCCCCCC[N+]1=C(CC)NCC1CC. The van der Waals surface area contributed by atoms with Crippen molar-refractivity contribution in [2.45, 2.75) is 136 Å². The second kappa shape index (κ2) is 16.6. The van der Waals surface area contributed by atoms with Gasteiger partial charge in [-0.1, -0.05) is 104 Å². The Balaban J connectivity index is 1.85. The number of hydrogen-bond donors (Lipinski definition) is 1. The third-order valence-corrected chi connectivity index (χ3v) is 6.14. The van der Waals surface area contributed by atoms with Crippen LogP contribution in [0.1, 0.15) is 130 Å². The van der Waals surface area contributed by atoms with Gasteiger partial charge in [0, 0.05) is 6.42 Å². The van der Waals surface area contributed by atoms with Gasteiger partial charge in [0.05, 0.1) is 6.54 Å². The largest absolute Gasteiger partial charge is 0.274 e. The van der Waals surface area contributed by atoms with Gasteiger partial charge in [-0.15, -0.1) is 0 Å². The zero-order valence-corrected chi connectivity index (χ0v) is 18.5. The lowest BCUT2D eigenvalue weighted by Gasteiger charge is -2.10. The van der Waals surface area contributed by atoms with E-state index >= 15 is 0 Å². The zero-order valence-electron chi connectivity index (χ0n) is 18.5. The van der Waals surface area contributed by atoms with Crippen LogP contribution in [0.2, 0.25) is 0 Å². The monoisotopic (exact) mass is 365 g/mol. The predicted octanol–water partition coefficient (Wildman–Crippen LogP) is 7.06. The second-order valence-corrected chi connectivity index (χ2v) is 8.39. The molecule has 1 heterocycles. The van der Waals surface area contributed by atoms with Gasteiger partial charge in [0.25, 0.3) is 0 Å². The molecule has 0 bridgehead atoms. The van der Waals surface area contributed by atoms with Crippen LogP contribution >= 0.6 is 0 Å². The lowest BCUT2D eigenvalue weighted by Crippen LogP contribution is -2.26. The first-order chi connectivity index (χ1) is 12.8. The Bertz CT molecular complexity index is 348. The van der Waals surface area contributed by atoms with Crippen molar-refractivity contribution in [3.8, 4) is 0 Å². The van der Waals surface area contributed by atoms with Crippen molar-refractivity contribution in [2.24, 2.45) is 0 Å². The summed E-state index contributed by atoms with van der Waals surface area (Å²) in [5, 5.41) is 3.60. The number of amidine groups is 1. The fraction of sp³-hybridized carbons (Fsp3) is 0.958. The number of nitrogens with zero attached hydrogens (tertiary/aromatic N) is 1. The molecule has 1 N–H and O–H groups in total. The number of nitrogens with one attached hydrogen (secondary N) is 1. The molecule has 1 aliphatic heterocycles. The van der Waals surface area contributed by atoms with Gasteiger partial charge in [-0.05, 0) is 19.3 Å². The Labute approximate surface area is 165 Å². The fourth-order valence-corrected chi connectivity index (χ4v) is 4.33. The Hall–Kier alpha value is -0.530. The molecule has 0 aliphatic carbocycles. The highest BCUT2D eigenvalue weighted by atomic mass is 15.2. The highest BCUT2D eigenvalue weighted by molar-refractivity contribution is 5.78. The van der Waals surface area contributed by atoms with E-state index in [-0.39, 0.29) is 0 Å². The van der Waals surface area contributed by atoms with Gasteiger partial charge in [0.2, 0.25) is 5.84 Å². The summed E-state index contributed by atoms with van der Waals surface area (Å²) >= 11 is 0. The van der Waals surface area contributed by atoms with E-state index in [0.29, 0.717) is 0 Å². The quantitative estimate of drug-likeness (QED) is 0.203. The molecule has 0 fully saturated rings. The number of rotatable bonds is 18. The number of unbranched alkanes of at least 4 members (excludes halogenated alkanes) is 14. The molecule has 0 aromatic heterocycles. The molecule has 26 heavy (non-hydrogen) atoms. The maximum Gasteiger partial charge on any atom is 0.244 e. The van der Waals surface area contributed by atoms with Gasteiger partial charge >= 0.3 is 0 Å².